The first-order valence-electron chi connectivity index (χ1n) is 10.5. The third-order valence-corrected chi connectivity index (χ3v) is 8.14. The van der Waals surface area contributed by atoms with Crippen LogP contribution in [0.4, 0.5) is 5.00 Å². The zero-order chi connectivity index (χ0) is 23.5. The molecule has 33 heavy (non-hydrogen) atoms. The summed E-state index contributed by atoms with van der Waals surface area (Å²) in [6.07, 6.45) is 4.52. The van der Waals surface area contributed by atoms with Crippen molar-refractivity contribution in [1.82, 2.24) is 14.8 Å². The fourth-order valence-electron chi connectivity index (χ4n) is 3.89. The minimum atomic E-state index is -0.491. The van der Waals surface area contributed by atoms with Gasteiger partial charge in [0.15, 0.2) is 11.0 Å². The first-order chi connectivity index (χ1) is 15.9. The summed E-state index contributed by atoms with van der Waals surface area (Å²) in [6, 6.07) is 7.81. The number of benzene rings is 1. The van der Waals surface area contributed by atoms with E-state index in [1.165, 1.54) is 23.1 Å². The van der Waals surface area contributed by atoms with E-state index in [-0.39, 0.29) is 11.7 Å². The largest absolute Gasteiger partial charge is 0.365 e. The van der Waals surface area contributed by atoms with E-state index in [0.717, 1.165) is 39.7 Å². The quantitative estimate of drug-likeness (QED) is 0.309. The molecule has 172 valence electrons. The van der Waals surface area contributed by atoms with Crippen molar-refractivity contribution in [2.75, 3.05) is 11.1 Å². The van der Waals surface area contributed by atoms with Crippen molar-refractivity contribution in [2.24, 2.45) is 11.7 Å². The first kappa shape index (κ1) is 23.7. The molecule has 1 aliphatic carbocycles. The lowest BCUT2D eigenvalue weighted by atomic mass is 9.88. The van der Waals surface area contributed by atoms with Crippen LogP contribution < -0.4 is 11.1 Å². The number of fused-ring (bicyclic) bond motifs is 1. The molecule has 2 aromatic heterocycles. The van der Waals surface area contributed by atoms with Gasteiger partial charge in [0.2, 0.25) is 5.91 Å². The molecule has 3 N–H and O–H groups in total. The maximum atomic E-state index is 12.8. The van der Waals surface area contributed by atoms with Crippen LogP contribution >= 0.6 is 39.0 Å². The summed E-state index contributed by atoms with van der Waals surface area (Å²) in [6.45, 7) is 6.54. The van der Waals surface area contributed by atoms with Crippen LogP contribution in [0.1, 0.15) is 34.1 Å². The van der Waals surface area contributed by atoms with E-state index in [1.807, 2.05) is 28.8 Å². The molecule has 0 spiro atoms. The van der Waals surface area contributed by atoms with Crippen molar-refractivity contribution in [3.05, 3.63) is 57.4 Å². The minimum Gasteiger partial charge on any atom is -0.365 e. The van der Waals surface area contributed by atoms with Crippen LogP contribution in [-0.2, 0) is 24.2 Å². The molecule has 0 aliphatic heterocycles. The van der Waals surface area contributed by atoms with Crippen molar-refractivity contribution in [3.8, 4) is 11.4 Å². The summed E-state index contributed by atoms with van der Waals surface area (Å²) in [5.41, 5.74) is 8.04. The van der Waals surface area contributed by atoms with Crippen LogP contribution in [0.5, 0.6) is 0 Å². The average Bonchev–Trinajstić information content (AvgIpc) is 3.33. The molecule has 7 nitrogen and oxygen atoms in total. The second-order valence-electron chi connectivity index (χ2n) is 7.97. The summed E-state index contributed by atoms with van der Waals surface area (Å²) < 4.78 is 2.90. The third-order valence-electron chi connectivity index (χ3n) is 5.47. The van der Waals surface area contributed by atoms with Gasteiger partial charge < -0.3 is 11.1 Å². The van der Waals surface area contributed by atoms with Gasteiger partial charge >= 0.3 is 0 Å². The van der Waals surface area contributed by atoms with Crippen molar-refractivity contribution in [3.63, 3.8) is 0 Å². The molecule has 1 atom stereocenters. The Labute approximate surface area is 209 Å². The summed E-state index contributed by atoms with van der Waals surface area (Å²) in [5, 5.41) is 12.7. The standard InChI is InChI=1S/C23H24BrN5O2S2/c1-3-10-29-21(14-5-7-15(24)8-6-14)27-28-23(29)32-12-18(30)26-22-19(20(25)31)16-9-4-13(2)11-17(16)33-22/h3,5-8,13H,1,4,9-12H2,2H3,(H2,25,31)(H,26,30). The Hall–Kier alpha value is -2.43. The zero-order valence-corrected chi connectivity index (χ0v) is 21.4. The molecule has 10 heteroatoms. The monoisotopic (exact) mass is 545 g/mol. The molecular weight excluding hydrogens is 522 g/mol. The Morgan fingerprint density at radius 3 is 2.82 bits per heavy atom. The topological polar surface area (TPSA) is 103 Å². The van der Waals surface area contributed by atoms with Crippen LogP contribution in [0.3, 0.4) is 0 Å². The number of aromatic nitrogens is 3. The molecule has 1 unspecified atom stereocenters. The number of thioether (sulfide) groups is 1. The fourth-order valence-corrected chi connectivity index (χ4v) is 6.34. The number of allylic oxidation sites excluding steroid dienone is 1. The van der Waals surface area contributed by atoms with Gasteiger partial charge in [0.25, 0.3) is 5.91 Å². The third kappa shape index (κ3) is 5.23. The van der Waals surface area contributed by atoms with Gasteiger partial charge in [-0.2, -0.15) is 0 Å². The zero-order valence-electron chi connectivity index (χ0n) is 18.1. The van der Waals surface area contributed by atoms with Crippen LogP contribution in [0.15, 0.2) is 46.5 Å². The highest BCUT2D eigenvalue weighted by Crippen LogP contribution is 2.39. The number of hydrogen-bond donors (Lipinski definition) is 2. The fraction of sp³-hybridized carbons (Fsp3) is 0.304. The van der Waals surface area contributed by atoms with Gasteiger partial charge in [-0.15, -0.1) is 28.1 Å². The van der Waals surface area contributed by atoms with E-state index < -0.39 is 5.91 Å². The Kier molecular flexibility index (Phi) is 7.35. The highest BCUT2D eigenvalue weighted by molar-refractivity contribution is 9.10. The lowest BCUT2D eigenvalue weighted by Gasteiger charge is -2.18. The van der Waals surface area contributed by atoms with Gasteiger partial charge in [0.05, 0.1) is 11.3 Å². The molecule has 2 amide bonds. The number of rotatable bonds is 8. The highest BCUT2D eigenvalue weighted by Gasteiger charge is 2.27. The van der Waals surface area contributed by atoms with E-state index in [0.29, 0.717) is 34.0 Å². The maximum absolute atomic E-state index is 12.8. The number of thiophene rings is 1. The number of nitrogens with two attached hydrogens (primary N) is 1. The van der Waals surface area contributed by atoms with Crippen LogP contribution in [0.25, 0.3) is 11.4 Å². The van der Waals surface area contributed by atoms with Crippen molar-refractivity contribution < 1.29 is 9.59 Å². The number of primary amides is 1. The molecule has 0 radical (unpaired) electrons. The second-order valence-corrected chi connectivity index (χ2v) is 10.9. The molecule has 0 fully saturated rings. The number of nitrogens with zero attached hydrogens (tertiary/aromatic N) is 3. The SMILES string of the molecule is C=CCn1c(SCC(=O)Nc2sc3c(c2C(N)=O)CCC(C)C3)nnc1-c1ccc(Br)cc1. The summed E-state index contributed by atoms with van der Waals surface area (Å²) in [7, 11) is 0. The van der Waals surface area contributed by atoms with E-state index >= 15 is 0 Å². The summed E-state index contributed by atoms with van der Waals surface area (Å²) in [5.74, 6) is 0.697. The normalized spacial score (nSPS) is 15.2. The Morgan fingerprint density at radius 2 is 2.12 bits per heavy atom. The van der Waals surface area contributed by atoms with E-state index in [2.05, 4.69) is 44.9 Å². The van der Waals surface area contributed by atoms with Crippen molar-refractivity contribution in [1.29, 1.82) is 0 Å². The van der Waals surface area contributed by atoms with E-state index in [4.69, 9.17) is 5.73 Å². The van der Waals surface area contributed by atoms with Gasteiger partial charge in [-0.25, -0.2) is 0 Å². The van der Waals surface area contributed by atoms with E-state index in [9.17, 15) is 9.59 Å². The summed E-state index contributed by atoms with van der Waals surface area (Å²) in [4.78, 5) is 26.0. The molecule has 4 rings (SSSR count). The Bertz CT molecular complexity index is 1200. The molecule has 2 heterocycles. The number of hydrogen-bond acceptors (Lipinski definition) is 6. The number of carbonyl (C=O) groups is 2. The highest BCUT2D eigenvalue weighted by atomic mass is 79.9. The number of nitrogens with one attached hydrogen (secondary N) is 1. The van der Waals surface area contributed by atoms with Crippen LogP contribution in [0, 0.1) is 5.92 Å². The molecule has 0 bridgehead atoms. The van der Waals surface area contributed by atoms with Gasteiger partial charge in [-0.1, -0.05) is 52.8 Å². The second kappa shape index (κ2) is 10.2. The molecule has 1 aliphatic rings. The predicted octanol–water partition coefficient (Wildman–Crippen LogP) is 4.91. The number of anilines is 1. The number of halogens is 1. The van der Waals surface area contributed by atoms with Gasteiger partial charge in [-0.3, -0.25) is 14.2 Å². The van der Waals surface area contributed by atoms with Crippen molar-refractivity contribution in [2.45, 2.75) is 37.9 Å². The van der Waals surface area contributed by atoms with Crippen molar-refractivity contribution >= 4 is 55.8 Å². The molecule has 3 aromatic rings. The predicted molar refractivity (Wildman–Crippen MR) is 137 cm³/mol. The average molecular weight is 547 g/mol. The van der Waals surface area contributed by atoms with E-state index in [1.54, 1.807) is 6.08 Å². The molecular formula is C23H24BrN5O2S2. The minimum absolute atomic E-state index is 0.132. The molecule has 0 saturated carbocycles. The summed E-state index contributed by atoms with van der Waals surface area (Å²) >= 11 is 6.20. The smallest absolute Gasteiger partial charge is 0.251 e. The van der Waals surface area contributed by atoms with Gasteiger partial charge in [-0.05, 0) is 42.9 Å². The Balaban J connectivity index is 1.49. The molecule has 0 saturated heterocycles. The van der Waals surface area contributed by atoms with Crippen LogP contribution in [-0.4, -0.2) is 32.3 Å². The first-order valence-corrected chi connectivity index (χ1v) is 13.1. The van der Waals surface area contributed by atoms with Gasteiger partial charge in [0, 0.05) is 21.5 Å². The Morgan fingerprint density at radius 1 is 1.36 bits per heavy atom. The number of carbonyl (C=O) groups excluding carboxylic acids is 2. The molecule has 1 aromatic carbocycles. The lowest BCUT2D eigenvalue weighted by Crippen LogP contribution is -2.20. The lowest BCUT2D eigenvalue weighted by molar-refractivity contribution is -0.113. The maximum Gasteiger partial charge on any atom is 0.251 e. The van der Waals surface area contributed by atoms with Crippen LogP contribution in [0.2, 0.25) is 0 Å². The number of amides is 2. The van der Waals surface area contributed by atoms with Gasteiger partial charge in [0.1, 0.15) is 5.00 Å².